The van der Waals surface area contributed by atoms with E-state index in [1.54, 1.807) is 6.92 Å². The molecule has 19 heavy (non-hydrogen) atoms. The number of carbonyl (C=O) groups excluding carboxylic acids is 1. The number of halogens is 4. The van der Waals surface area contributed by atoms with Crippen molar-refractivity contribution in [1.29, 1.82) is 0 Å². The summed E-state index contributed by atoms with van der Waals surface area (Å²) < 4.78 is 58.1. The molecule has 0 spiro atoms. The molecular weight excluding hydrogens is 270 g/mol. The highest BCUT2D eigenvalue weighted by Crippen LogP contribution is 2.19. The number of aromatic nitrogens is 1. The number of carbonyl (C=O) groups is 1. The van der Waals surface area contributed by atoms with Crippen LogP contribution in [-0.4, -0.2) is 36.8 Å². The number of ether oxygens (including phenoxy) is 2. The molecule has 1 aromatic heterocycles. The minimum absolute atomic E-state index is 0.145. The fraction of sp³-hybridized carbons (Fsp3) is 0.455. The van der Waals surface area contributed by atoms with E-state index in [0.29, 0.717) is 0 Å². The average Bonchev–Trinajstić information content (AvgIpc) is 2.30. The number of nitrogens with zero attached hydrogens (tertiary/aromatic N) is 1. The summed E-state index contributed by atoms with van der Waals surface area (Å²) in [4.78, 5) is 15.1. The molecule has 0 radical (unpaired) electrons. The van der Waals surface area contributed by atoms with E-state index in [2.05, 4.69) is 9.72 Å². The van der Waals surface area contributed by atoms with E-state index in [0.717, 1.165) is 12.3 Å². The minimum atomic E-state index is -4.53. The summed E-state index contributed by atoms with van der Waals surface area (Å²) in [6.07, 6.45) is -3.40. The number of pyridine rings is 1. The predicted octanol–water partition coefficient (Wildman–Crippen LogP) is 2.38. The molecular formula is C11H11F4NO3. The predicted molar refractivity (Wildman–Crippen MR) is 56.6 cm³/mol. The molecule has 8 heteroatoms. The summed E-state index contributed by atoms with van der Waals surface area (Å²) in [6, 6.07) is 1.05. The average molecular weight is 281 g/mol. The fourth-order valence-electron chi connectivity index (χ4n) is 1.21. The third-order valence-electron chi connectivity index (χ3n) is 1.94. The molecule has 0 aliphatic carbocycles. The number of hydrogen-bond donors (Lipinski definition) is 0. The number of ketones is 1. The van der Waals surface area contributed by atoms with Gasteiger partial charge in [-0.15, -0.1) is 0 Å². The molecule has 0 aromatic carbocycles. The maximum atomic E-state index is 13.7. The quantitative estimate of drug-likeness (QED) is 0.593. The van der Waals surface area contributed by atoms with Crippen molar-refractivity contribution in [2.75, 3.05) is 19.8 Å². The molecule has 106 valence electrons. The molecule has 1 aromatic rings. The molecule has 0 N–H and O–H groups in total. The van der Waals surface area contributed by atoms with E-state index in [1.165, 1.54) is 0 Å². The summed E-state index contributed by atoms with van der Waals surface area (Å²) in [5, 5.41) is 0. The van der Waals surface area contributed by atoms with Gasteiger partial charge in [0.25, 0.3) is 5.88 Å². The van der Waals surface area contributed by atoms with Crippen molar-refractivity contribution in [2.24, 2.45) is 0 Å². The molecule has 0 saturated carbocycles. The van der Waals surface area contributed by atoms with Crippen LogP contribution in [-0.2, 0) is 4.74 Å². The van der Waals surface area contributed by atoms with E-state index < -0.39 is 36.6 Å². The lowest BCUT2D eigenvalue weighted by molar-refractivity contribution is -0.170. The van der Waals surface area contributed by atoms with E-state index in [-0.39, 0.29) is 12.5 Å². The Labute approximate surface area is 106 Å². The Kier molecular flexibility index (Phi) is 5.22. The van der Waals surface area contributed by atoms with Gasteiger partial charge in [0, 0.05) is 6.20 Å². The Hall–Kier alpha value is -1.70. The Balaban J connectivity index is 2.69. The third kappa shape index (κ3) is 4.82. The van der Waals surface area contributed by atoms with E-state index in [9.17, 15) is 22.4 Å². The van der Waals surface area contributed by atoms with Gasteiger partial charge in [0.2, 0.25) is 0 Å². The number of alkyl halides is 3. The van der Waals surface area contributed by atoms with Gasteiger partial charge >= 0.3 is 6.18 Å². The Morgan fingerprint density at radius 1 is 1.42 bits per heavy atom. The largest absolute Gasteiger partial charge is 0.476 e. The van der Waals surface area contributed by atoms with E-state index in [1.807, 2.05) is 0 Å². The highest BCUT2D eigenvalue weighted by Gasteiger charge is 2.28. The van der Waals surface area contributed by atoms with Gasteiger partial charge in [0.05, 0.1) is 12.2 Å². The molecule has 0 unspecified atom stereocenters. The maximum Gasteiger partial charge on any atom is 0.411 e. The summed E-state index contributed by atoms with van der Waals surface area (Å²) >= 11 is 0. The van der Waals surface area contributed by atoms with Crippen molar-refractivity contribution in [3.05, 3.63) is 23.6 Å². The van der Waals surface area contributed by atoms with Crippen molar-refractivity contribution in [3.63, 3.8) is 0 Å². The first-order valence-corrected chi connectivity index (χ1v) is 5.30. The standard InChI is InChI=1S/C11H11F4NO3/c1-2-19-10-9(12)7(3-4-16-10)8(17)5-18-6-11(13,14)15/h3-4H,2,5-6H2,1H3. The van der Waals surface area contributed by atoms with Crippen LogP contribution in [0.5, 0.6) is 5.88 Å². The Bertz CT molecular complexity index is 448. The fourth-order valence-corrected chi connectivity index (χ4v) is 1.21. The summed E-state index contributed by atoms with van der Waals surface area (Å²) in [6.45, 7) is -0.691. The highest BCUT2D eigenvalue weighted by atomic mass is 19.4. The highest BCUT2D eigenvalue weighted by molar-refractivity contribution is 5.97. The first kappa shape index (κ1) is 15.4. The Morgan fingerprint density at radius 3 is 2.68 bits per heavy atom. The van der Waals surface area contributed by atoms with Crippen LogP contribution in [0.1, 0.15) is 17.3 Å². The van der Waals surface area contributed by atoms with Crippen molar-refractivity contribution >= 4 is 5.78 Å². The van der Waals surface area contributed by atoms with Gasteiger partial charge in [0.1, 0.15) is 13.2 Å². The molecule has 4 nitrogen and oxygen atoms in total. The molecule has 1 heterocycles. The lowest BCUT2D eigenvalue weighted by Crippen LogP contribution is -2.21. The topological polar surface area (TPSA) is 48.4 Å². The van der Waals surface area contributed by atoms with E-state index >= 15 is 0 Å². The summed E-state index contributed by atoms with van der Waals surface area (Å²) in [5.41, 5.74) is -0.416. The van der Waals surface area contributed by atoms with Crippen molar-refractivity contribution in [1.82, 2.24) is 4.98 Å². The second-order valence-electron chi connectivity index (χ2n) is 3.44. The van der Waals surface area contributed by atoms with Crippen LogP contribution in [0.15, 0.2) is 12.3 Å². The second kappa shape index (κ2) is 6.46. The van der Waals surface area contributed by atoms with Gasteiger partial charge in [-0.05, 0) is 13.0 Å². The molecule has 1 rings (SSSR count). The molecule has 0 aliphatic rings. The molecule has 0 fully saturated rings. The lowest BCUT2D eigenvalue weighted by atomic mass is 10.2. The minimum Gasteiger partial charge on any atom is -0.476 e. The smallest absolute Gasteiger partial charge is 0.411 e. The number of Topliss-reactive ketones (excluding diaryl/α,β-unsaturated/α-hetero) is 1. The summed E-state index contributed by atoms with van der Waals surface area (Å²) in [5.74, 6) is -2.29. The Morgan fingerprint density at radius 2 is 2.11 bits per heavy atom. The van der Waals surface area contributed by atoms with Crippen LogP contribution in [0, 0.1) is 5.82 Å². The summed E-state index contributed by atoms with van der Waals surface area (Å²) in [7, 11) is 0. The number of rotatable bonds is 6. The molecule has 0 amide bonds. The normalized spacial score (nSPS) is 11.4. The zero-order chi connectivity index (χ0) is 14.5. The van der Waals surface area contributed by atoms with Crippen LogP contribution < -0.4 is 4.74 Å². The van der Waals surface area contributed by atoms with Gasteiger partial charge in [-0.25, -0.2) is 9.37 Å². The zero-order valence-electron chi connectivity index (χ0n) is 9.96. The zero-order valence-corrected chi connectivity index (χ0v) is 9.96. The van der Waals surface area contributed by atoms with Crippen molar-refractivity contribution in [2.45, 2.75) is 13.1 Å². The van der Waals surface area contributed by atoms with Crippen molar-refractivity contribution < 1.29 is 31.8 Å². The van der Waals surface area contributed by atoms with Gasteiger partial charge in [-0.2, -0.15) is 13.2 Å². The van der Waals surface area contributed by atoms with Crippen LogP contribution in [0.25, 0.3) is 0 Å². The van der Waals surface area contributed by atoms with Gasteiger partial charge in [-0.1, -0.05) is 0 Å². The van der Waals surface area contributed by atoms with Gasteiger partial charge in [0.15, 0.2) is 11.6 Å². The number of hydrogen-bond acceptors (Lipinski definition) is 4. The third-order valence-corrected chi connectivity index (χ3v) is 1.94. The first-order valence-electron chi connectivity index (χ1n) is 5.30. The molecule has 0 saturated heterocycles. The van der Waals surface area contributed by atoms with Crippen LogP contribution in [0.2, 0.25) is 0 Å². The molecule has 0 aliphatic heterocycles. The van der Waals surface area contributed by atoms with Crippen molar-refractivity contribution in [3.8, 4) is 5.88 Å². The van der Waals surface area contributed by atoms with Crippen LogP contribution >= 0.6 is 0 Å². The lowest BCUT2D eigenvalue weighted by Gasteiger charge is -2.09. The van der Waals surface area contributed by atoms with Gasteiger partial charge in [-0.3, -0.25) is 4.79 Å². The monoisotopic (exact) mass is 281 g/mol. The molecule has 0 bridgehead atoms. The first-order chi connectivity index (χ1) is 8.85. The maximum absolute atomic E-state index is 13.7. The molecule has 0 atom stereocenters. The SMILES string of the molecule is CCOc1nccc(C(=O)COCC(F)(F)F)c1F. The van der Waals surface area contributed by atoms with Crippen LogP contribution in [0.3, 0.4) is 0 Å². The second-order valence-corrected chi connectivity index (χ2v) is 3.44. The van der Waals surface area contributed by atoms with Gasteiger partial charge < -0.3 is 9.47 Å². The van der Waals surface area contributed by atoms with Crippen LogP contribution in [0.4, 0.5) is 17.6 Å². The van der Waals surface area contributed by atoms with E-state index in [4.69, 9.17) is 4.74 Å².